The highest BCUT2D eigenvalue weighted by atomic mass is 35.5. The summed E-state index contributed by atoms with van der Waals surface area (Å²) in [7, 11) is 2.05. The molecule has 0 spiro atoms. The third-order valence-electron chi connectivity index (χ3n) is 3.26. The van der Waals surface area contributed by atoms with Gasteiger partial charge in [-0.15, -0.1) is 0 Å². The van der Waals surface area contributed by atoms with Crippen LogP contribution in [0.4, 0.5) is 0 Å². The van der Waals surface area contributed by atoms with E-state index < -0.39 is 0 Å². The Kier molecular flexibility index (Phi) is 5.53. The van der Waals surface area contributed by atoms with Crippen LogP contribution < -0.4 is 0 Å². The molecule has 0 aliphatic carbocycles. The lowest BCUT2D eigenvalue weighted by Crippen LogP contribution is -2.27. The van der Waals surface area contributed by atoms with Gasteiger partial charge in [-0.2, -0.15) is 0 Å². The van der Waals surface area contributed by atoms with Crippen molar-refractivity contribution in [2.45, 2.75) is 12.5 Å². The number of aromatic nitrogens is 1. The molecule has 0 aliphatic rings. The molecular formula is C16H19ClN2O. The highest BCUT2D eigenvalue weighted by Gasteiger charge is 2.19. The molecule has 4 heteroatoms. The molecule has 0 unspecified atom stereocenters. The Labute approximate surface area is 124 Å². The van der Waals surface area contributed by atoms with Crippen molar-refractivity contribution < 1.29 is 5.11 Å². The van der Waals surface area contributed by atoms with Crippen LogP contribution in [0.1, 0.15) is 23.7 Å². The van der Waals surface area contributed by atoms with Crippen LogP contribution in [0.2, 0.25) is 5.02 Å². The van der Waals surface area contributed by atoms with E-state index in [1.165, 1.54) is 0 Å². The molecule has 0 saturated carbocycles. The van der Waals surface area contributed by atoms with E-state index in [1.54, 1.807) is 6.20 Å². The Morgan fingerprint density at radius 3 is 2.55 bits per heavy atom. The maximum absolute atomic E-state index is 9.01. The van der Waals surface area contributed by atoms with E-state index >= 15 is 0 Å². The molecule has 0 amide bonds. The highest BCUT2D eigenvalue weighted by molar-refractivity contribution is 6.30. The summed E-state index contributed by atoms with van der Waals surface area (Å²) >= 11 is 5.96. The zero-order chi connectivity index (χ0) is 14.4. The van der Waals surface area contributed by atoms with E-state index in [4.69, 9.17) is 16.7 Å². The second kappa shape index (κ2) is 7.39. The molecular weight excluding hydrogens is 272 g/mol. The molecule has 0 bridgehead atoms. The second-order valence-electron chi connectivity index (χ2n) is 4.77. The first kappa shape index (κ1) is 15.0. The second-order valence-corrected chi connectivity index (χ2v) is 5.20. The summed E-state index contributed by atoms with van der Waals surface area (Å²) in [6, 6.07) is 13.8. The third-order valence-corrected chi connectivity index (χ3v) is 3.52. The van der Waals surface area contributed by atoms with Gasteiger partial charge >= 0.3 is 0 Å². The lowest BCUT2D eigenvalue weighted by Gasteiger charge is -2.28. The average molecular weight is 291 g/mol. The molecule has 1 heterocycles. The number of benzene rings is 1. The Morgan fingerprint density at radius 2 is 1.95 bits per heavy atom. The fourth-order valence-electron chi connectivity index (χ4n) is 2.28. The molecule has 1 aromatic heterocycles. The maximum atomic E-state index is 9.01. The van der Waals surface area contributed by atoms with Crippen LogP contribution in [0.25, 0.3) is 0 Å². The van der Waals surface area contributed by atoms with Gasteiger partial charge in [-0.1, -0.05) is 29.8 Å². The molecule has 1 N–H and O–H groups in total. The number of halogens is 1. The standard InChI is InChI=1S/C16H19ClN2O/c1-19(11-4-12-20)16(15-5-2-3-10-18-15)13-6-8-14(17)9-7-13/h2-3,5-10,16,20H,4,11-12H2,1H3/t16-/m0/s1. The summed E-state index contributed by atoms with van der Waals surface area (Å²) in [4.78, 5) is 6.67. The van der Waals surface area contributed by atoms with Gasteiger partial charge in [-0.05, 0) is 43.3 Å². The topological polar surface area (TPSA) is 36.4 Å². The van der Waals surface area contributed by atoms with Gasteiger partial charge in [0.15, 0.2) is 0 Å². The zero-order valence-electron chi connectivity index (χ0n) is 11.5. The molecule has 1 aromatic carbocycles. The summed E-state index contributed by atoms with van der Waals surface area (Å²) in [5, 5.41) is 9.74. The number of hydrogen-bond donors (Lipinski definition) is 1. The summed E-state index contributed by atoms with van der Waals surface area (Å²) in [5.41, 5.74) is 2.14. The minimum atomic E-state index is 0.0695. The number of hydrogen-bond acceptors (Lipinski definition) is 3. The van der Waals surface area contributed by atoms with Gasteiger partial charge in [-0.25, -0.2) is 0 Å². The Hall–Kier alpha value is -1.42. The summed E-state index contributed by atoms with van der Waals surface area (Å²) in [6.07, 6.45) is 2.55. The van der Waals surface area contributed by atoms with Crippen LogP contribution >= 0.6 is 11.6 Å². The number of nitrogens with zero attached hydrogens (tertiary/aromatic N) is 2. The first-order chi connectivity index (χ1) is 9.72. The molecule has 2 aromatic rings. The molecule has 0 radical (unpaired) electrons. The van der Waals surface area contributed by atoms with E-state index in [-0.39, 0.29) is 12.6 Å². The van der Waals surface area contributed by atoms with Crippen molar-refractivity contribution in [3.63, 3.8) is 0 Å². The van der Waals surface area contributed by atoms with Crippen LogP contribution in [0.3, 0.4) is 0 Å². The first-order valence-electron chi connectivity index (χ1n) is 6.70. The molecule has 3 nitrogen and oxygen atoms in total. The number of rotatable bonds is 6. The van der Waals surface area contributed by atoms with Crippen molar-refractivity contribution in [3.05, 3.63) is 64.9 Å². The number of pyridine rings is 1. The van der Waals surface area contributed by atoms with Gasteiger partial charge < -0.3 is 5.11 Å². The largest absolute Gasteiger partial charge is 0.396 e. The summed E-state index contributed by atoms with van der Waals surface area (Å²) in [6.45, 7) is 1.00. The van der Waals surface area contributed by atoms with Crippen LogP contribution in [0.15, 0.2) is 48.7 Å². The summed E-state index contributed by atoms with van der Waals surface area (Å²) < 4.78 is 0. The Morgan fingerprint density at radius 1 is 1.20 bits per heavy atom. The van der Waals surface area contributed by atoms with Crippen molar-refractivity contribution in [1.29, 1.82) is 0 Å². The van der Waals surface area contributed by atoms with E-state index in [2.05, 4.69) is 9.88 Å². The SMILES string of the molecule is CN(CCCO)[C@@H](c1ccc(Cl)cc1)c1ccccn1. The fourth-order valence-corrected chi connectivity index (χ4v) is 2.41. The lowest BCUT2D eigenvalue weighted by molar-refractivity contribution is 0.223. The first-order valence-corrected chi connectivity index (χ1v) is 7.07. The van der Waals surface area contributed by atoms with Crippen molar-refractivity contribution >= 4 is 11.6 Å². The fraction of sp³-hybridized carbons (Fsp3) is 0.312. The Balaban J connectivity index is 2.31. The van der Waals surface area contributed by atoms with Gasteiger partial charge in [0.05, 0.1) is 11.7 Å². The predicted molar refractivity (Wildman–Crippen MR) is 81.9 cm³/mol. The van der Waals surface area contributed by atoms with Crippen LogP contribution in [0, 0.1) is 0 Å². The smallest absolute Gasteiger partial charge is 0.0773 e. The number of aliphatic hydroxyl groups is 1. The van der Waals surface area contributed by atoms with E-state index in [0.29, 0.717) is 0 Å². The van der Waals surface area contributed by atoms with Crippen molar-refractivity contribution in [1.82, 2.24) is 9.88 Å². The molecule has 106 valence electrons. The van der Waals surface area contributed by atoms with Gasteiger partial charge in [0.2, 0.25) is 0 Å². The Bertz CT molecular complexity index is 516. The molecule has 1 atom stereocenters. The average Bonchev–Trinajstić information content (AvgIpc) is 2.48. The number of aliphatic hydroxyl groups excluding tert-OH is 1. The predicted octanol–water partition coefficient (Wildman–Crippen LogP) is 3.14. The molecule has 20 heavy (non-hydrogen) atoms. The highest BCUT2D eigenvalue weighted by Crippen LogP contribution is 2.27. The quantitative estimate of drug-likeness (QED) is 0.888. The molecule has 0 aliphatic heterocycles. The minimum absolute atomic E-state index is 0.0695. The van der Waals surface area contributed by atoms with Gasteiger partial charge in [0, 0.05) is 24.4 Å². The van der Waals surface area contributed by atoms with Gasteiger partial charge in [-0.3, -0.25) is 9.88 Å². The van der Waals surface area contributed by atoms with Crippen molar-refractivity contribution in [2.75, 3.05) is 20.2 Å². The maximum Gasteiger partial charge on any atom is 0.0773 e. The molecule has 0 fully saturated rings. The molecule has 2 rings (SSSR count). The van der Waals surface area contributed by atoms with E-state index in [9.17, 15) is 0 Å². The summed E-state index contributed by atoms with van der Waals surface area (Å²) in [5.74, 6) is 0. The lowest BCUT2D eigenvalue weighted by atomic mass is 10.0. The van der Waals surface area contributed by atoms with Crippen molar-refractivity contribution in [2.24, 2.45) is 0 Å². The monoisotopic (exact) mass is 290 g/mol. The van der Waals surface area contributed by atoms with Crippen LogP contribution in [-0.2, 0) is 0 Å². The van der Waals surface area contributed by atoms with Crippen LogP contribution in [-0.4, -0.2) is 35.2 Å². The van der Waals surface area contributed by atoms with Crippen molar-refractivity contribution in [3.8, 4) is 0 Å². The third kappa shape index (κ3) is 3.79. The van der Waals surface area contributed by atoms with Gasteiger partial charge in [0.1, 0.15) is 0 Å². The zero-order valence-corrected chi connectivity index (χ0v) is 12.3. The minimum Gasteiger partial charge on any atom is -0.396 e. The van der Waals surface area contributed by atoms with Crippen LogP contribution in [0.5, 0.6) is 0 Å². The molecule has 0 saturated heterocycles. The normalized spacial score (nSPS) is 12.6. The van der Waals surface area contributed by atoms with Gasteiger partial charge in [0.25, 0.3) is 0 Å². The van der Waals surface area contributed by atoms with E-state index in [0.717, 1.165) is 29.2 Å². The van der Waals surface area contributed by atoms with E-state index in [1.807, 2.05) is 49.5 Å².